The van der Waals surface area contributed by atoms with Gasteiger partial charge in [0.15, 0.2) is 140 Å². The Morgan fingerprint density at radius 3 is 0.491 bits per heavy atom. The first-order valence-corrected chi connectivity index (χ1v) is 34.6. The second-order valence-electron chi connectivity index (χ2n) is 22.2. The Hall–Kier alpha value is -8.04. The number of halogens is 38. The standard InChI is InChI=1S/C66H6Br8F30N6/c67-21-25(71)63-19(17-37(83)49(95)57(103)50(96)38(17)84)65-27(73)23(69)61(109-65)11(15-33(79)45(91)55(101)46(92)34(15)80)7-3-4-8(106-7)12(16-35(81)47(93)56(102)48(94)36(16)82)62-24(70)28(74)66(110-62)20(18-39(85)51(97)58(104)52(98)40(18)86)64-26(72)22(68)60(108-64)10(14-31(77)43(89)54(100)44(90)32(14)78)6-2-1-5(105-6)9(59(21)107-63)13-29(75)41(87)53(99)42(88)30(13)76/h1-4,107,110H. The molecule has 0 aliphatic carbocycles. The highest BCUT2D eigenvalue weighted by atomic mass is 79.9. The van der Waals surface area contributed by atoms with Gasteiger partial charge in [-0.25, -0.2) is 152 Å². The first-order chi connectivity index (χ1) is 51.5. The zero-order valence-electron chi connectivity index (χ0n) is 50.5. The first-order valence-electron chi connectivity index (χ1n) is 28.3. The molecule has 0 unspecified atom stereocenters. The summed E-state index contributed by atoms with van der Waals surface area (Å²) in [7, 11) is 0. The molecule has 2 N–H and O–H groups in total. The highest BCUT2D eigenvalue weighted by Crippen LogP contribution is 2.56. The molecule has 12 bridgehead atoms. The van der Waals surface area contributed by atoms with Gasteiger partial charge in [-0.2, -0.15) is 0 Å². The van der Waals surface area contributed by atoms with Crippen molar-refractivity contribution in [1.29, 1.82) is 0 Å². The normalized spacial score (nSPS) is 12.9. The van der Waals surface area contributed by atoms with Gasteiger partial charge in [-0.3, -0.25) is 0 Å². The van der Waals surface area contributed by atoms with Crippen molar-refractivity contribution in [2.75, 3.05) is 0 Å². The van der Waals surface area contributed by atoms with E-state index in [9.17, 15) is 0 Å². The quantitative estimate of drug-likeness (QED) is 0.0987. The minimum absolute atomic E-state index is 0.312. The van der Waals surface area contributed by atoms with E-state index in [-0.39, 0.29) is 0 Å². The smallest absolute Gasteiger partial charge is 0.200 e. The topological polar surface area (TPSA) is 83.1 Å². The lowest BCUT2D eigenvalue weighted by molar-refractivity contribution is 0.381. The van der Waals surface area contributed by atoms with Gasteiger partial charge in [0.1, 0.15) is 0 Å². The van der Waals surface area contributed by atoms with Gasteiger partial charge in [0, 0.05) is 33.4 Å². The van der Waals surface area contributed by atoms with Gasteiger partial charge < -0.3 is 9.97 Å². The molecule has 13 rings (SSSR count). The molecule has 0 amide bonds. The third-order valence-corrected chi connectivity index (χ3v) is 24.8. The highest BCUT2D eigenvalue weighted by molar-refractivity contribution is 9.18. The average Bonchev–Trinajstić information content (AvgIpc) is 1.57. The van der Waals surface area contributed by atoms with Crippen molar-refractivity contribution in [3.8, 4) is 66.8 Å². The van der Waals surface area contributed by atoms with Crippen LogP contribution in [0.1, 0.15) is 45.6 Å². The van der Waals surface area contributed by atoms with Gasteiger partial charge >= 0.3 is 0 Å². The molecule has 0 radical (unpaired) electrons. The van der Waals surface area contributed by atoms with Crippen molar-refractivity contribution >= 4 is 192 Å². The number of fused-ring (bicyclic) bond motifs is 12. The average molecular weight is 2090 g/mol. The van der Waals surface area contributed by atoms with Crippen LogP contribution in [0.5, 0.6) is 0 Å². The molecule has 0 saturated carbocycles. The second-order valence-corrected chi connectivity index (χ2v) is 28.6. The molecule has 0 saturated heterocycles. The van der Waals surface area contributed by atoms with E-state index in [0.717, 1.165) is 0 Å². The summed E-state index contributed by atoms with van der Waals surface area (Å²) in [4.78, 5) is 20.3. The number of aromatic amines is 2. The zero-order chi connectivity index (χ0) is 80.9. The lowest BCUT2D eigenvalue weighted by atomic mass is 10.00. The summed E-state index contributed by atoms with van der Waals surface area (Å²) in [6, 6.07) is 0. The lowest BCUT2D eigenvalue weighted by Crippen LogP contribution is -2.07. The summed E-state index contributed by atoms with van der Waals surface area (Å²) in [5.41, 5.74) is -41.4. The molecule has 4 aliphatic rings. The Bertz CT molecular complexity index is 5860. The van der Waals surface area contributed by atoms with E-state index in [0.29, 0.717) is 24.3 Å². The highest BCUT2D eigenvalue weighted by Gasteiger charge is 2.42. The van der Waals surface area contributed by atoms with Crippen LogP contribution in [-0.4, -0.2) is 29.9 Å². The van der Waals surface area contributed by atoms with E-state index in [4.69, 9.17) is 0 Å². The van der Waals surface area contributed by atoms with Crippen molar-refractivity contribution in [3.63, 3.8) is 0 Å². The maximum atomic E-state index is 16.9. The number of rotatable bonds is 6. The Balaban J connectivity index is 1.43. The first kappa shape index (κ1) is 80.0. The number of nitrogens with one attached hydrogen (secondary N) is 2. The molecule has 0 spiro atoms. The van der Waals surface area contributed by atoms with Crippen LogP contribution in [0.2, 0.25) is 0 Å². The number of H-pyrrole nitrogens is 2. The fourth-order valence-corrected chi connectivity index (χ4v) is 15.4. The van der Waals surface area contributed by atoms with Crippen molar-refractivity contribution in [2.24, 2.45) is 0 Å². The number of benzene rings is 6. The summed E-state index contributed by atoms with van der Waals surface area (Å²) in [5.74, 6) is -87.9. The third-order valence-electron chi connectivity index (χ3n) is 16.4. The van der Waals surface area contributed by atoms with Crippen LogP contribution in [-0.2, 0) is 0 Å². The van der Waals surface area contributed by atoms with E-state index < -0.39 is 345 Å². The van der Waals surface area contributed by atoms with E-state index in [1.54, 1.807) is 0 Å². The van der Waals surface area contributed by atoms with Gasteiger partial charge in [-0.15, -0.1) is 0 Å². The predicted octanol–water partition coefficient (Wildman–Crippen LogP) is 26.8. The van der Waals surface area contributed by atoms with Crippen molar-refractivity contribution < 1.29 is 132 Å². The summed E-state index contributed by atoms with van der Waals surface area (Å²) < 4.78 is 475. The molecule has 566 valence electrons. The largest absolute Gasteiger partial charge is 0.352 e. The molecule has 7 heterocycles. The van der Waals surface area contributed by atoms with Crippen LogP contribution in [0.15, 0.2) is 17.9 Å². The zero-order valence-corrected chi connectivity index (χ0v) is 63.1. The number of hydrogen-bond donors (Lipinski definition) is 2. The Morgan fingerprint density at radius 2 is 0.300 bits per heavy atom. The van der Waals surface area contributed by atoms with Gasteiger partial charge in [0.2, 0.25) is 34.9 Å². The Morgan fingerprint density at radius 1 is 0.164 bits per heavy atom. The molecule has 6 nitrogen and oxygen atoms in total. The summed E-state index contributed by atoms with van der Waals surface area (Å²) in [6.07, 6.45) is 1.26. The Labute approximate surface area is 653 Å². The molecular formula is C66H6Br8F30N6. The fourth-order valence-electron chi connectivity index (χ4n) is 11.5. The molecule has 4 aliphatic heterocycles. The molecule has 6 aromatic carbocycles. The van der Waals surface area contributed by atoms with Crippen LogP contribution in [0.3, 0.4) is 0 Å². The third kappa shape index (κ3) is 11.6. The Kier molecular flexibility index (Phi) is 20.8. The SMILES string of the molecule is Fc1c(F)c(F)c(-c2c3nc(c(-c4c(F)c(F)c(F)c(F)c4F)c4[nH]c(c(Br)c4Br)c(-c4c(F)c(F)c(F)c(F)c4F)c4nc(c(-c5c(F)c(F)c(F)c(F)c5F)c5nc(c(-c6c(F)c(F)c(F)c(F)c6F)c6[nH]c(c(Br)c6Br)c(-c6c(F)c(F)c(F)c(F)c6F)c6nc2C(Br)=C6Br)C=C5)C(Br)=C4Br)C=C3)c(F)c1F. The van der Waals surface area contributed by atoms with Crippen LogP contribution in [0, 0.1) is 175 Å². The predicted molar refractivity (Wildman–Crippen MR) is 361 cm³/mol. The summed E-state index contributed by atoms with van der Waals surface area (Å²) in [6.45, 7) is 0. The van der Waals surface area contributed by atoms with Crippen LogP contribution in [0.4, 0.5) is 132 Å². The van der Waals surface area contributed by atoms with Crippen LogP contribution in [0.25, 0.3) is 131 Å². The summed E-state index contributed by atoms with van der Waals surface area (Å²) in [5, 5.41) is 0. The van der Waals surface area contributed by atoms with Gasteiger partial charge in [-0.1, -0.05) is 0 Å². The van der Waals surface area contributed by atoms with Crippen LogP contribution >= 0.6 is 127 Å². The van der Waals surface area contributed by atoms with Gasteiger partial charge in [0.05, 0.1) is 137 Å². The lowest BCUT2D eigenvalue weighted by Gasteiger charge is -2.12. The molecule has 9 aromatic rings. The van der Waals surface area contributed by atoms with Crippen molar-refractivity contribution in [2.45, 2.75) is 0 Å². The van der Waals surface area contributed by atoms with Crippen molar-refractivity contribution in [1.82, 2.24) is 29.9 Å². The summed E-state index contributed by atoms with van der Waals surface area (Å²) >= 11 is 23.0. The minimum atomic E-state index is -2.98. The van der Waals surface area contributed by atoms with E-state index in [1.807, 2.05) is 0 Å². The van der Waals surface area contributed by atoms with Crippen molar-refractivity contribution in [3.05, 3.63) is 238 Å². The fraction of sp³-hybridized carbons (Fsp3) is 0. The molecule has 3 aromatic heterocycles. The van der Waals surface area contributed by atoms with Crippen LogP contribution < -0.4 is 0 Å². The number of nitrogens with zero attached hydrogens (tertiary/aromatic N) is 4. The molecule has 110 heavy (non-hydrogen) atoms. The van der Waals surface area contributed by atoms with Gasteiger partial charge in [0.25, 0.3) is 0 Å². The van der Waals surface area contributed by atoms with E-state index >= 15 is 132 Å². The van der Waals surface area contributed by atoms with E-state index in [1.165, 1.54) is 0 Å². The molecule has 0 fully saturated rings. The number of hydrogen-bond acceptors (Lipinski definition) is 4. The molecule has 44 heteroatoms. The molecule has 0 atom stereocenters. The monoisotopic (exact) mass is 2080 g/mol. The van der Waals surface area contributed by atoms with E-state index in [2.05, 4.69) is 157 Å². The second kappa shape index (κ2) is 28.6. The van der Waals surface area contributed by atoms with Gasteiger partial charge in [-0.05, 0) is 152 Å². The molecular weight excluding hydrogens is 2090 g/mol. The maximum absolute atomic E-state index is 16.9. The number of aromatic nitrogens is 6. The minimum Gasteiger partial charge on any atom is -0.352 e. The maximum Gasteiger partial charge on any atom is 0.200 e.